The molecule has 0 fully saturated rings. The Kier molecular flexibility index (Phi) is 17.1. The first-order chi connectivity index (χ1) is 23.8. The number of pyridine rings is 5. The first-order valence-corrected chi connectivity index (χ1v) is 16.8. The van der Waals surface area contributed by atoms with Crippen LogP contribution in [0.5, 0.6) is 5.75 Å². The molecule has 0 aliphatic heterocycles. The average Bonchev–Trinajstić information content (AvgIpc) is 3.11. The van der Waals surface area contributed by atoms with Crippen LogP contribution in [-0.2, 0) is 19.8 Å². The molecule has 1 aromatic carbocycles. The molecule has 6 aromatic rings. The molecule has 5 heterocycles. The maximum Gasteiger partial charge on any atom is 2.00 e. The van der Waals surface area contributed by atoms with E-state index in [1.165, 1.54) is 40.7 Å². The number of hydrogen-bond donors (Lipinski definition) is 1. The van der Waals surface area contributed by atoms with Gasteiger partial charge in [-0.3, -0.25) is 19.9 Å². The summed E-state index contributed by atoms with van der Waals surface area (Å²) >= 11 is 0. The van der Waals surface area contributed by atoms with E-state index in [0.717, 1.165) is 65.8 Å². The van der Waals surface area contributed by atoms with Crippen LogP contribution in [0.25, 0.3) is 34.0 Å². The van der Waals surface area contributed by atoms with Gasteiger partial charge in [-0.15, -0.1) is 35.4 Å². The number of aryl methyl sites for hydroxylation is 5. The van der Waals surface area contributed by atoms with Gasteiger partial charge in [0.15, 0.2) is 0 Å². The fourth-order valence-electron chi connectivity index (χ4n) is 4.87. The molecule has 0 unspecified atom stereocenters. The van der Waals surface area contributed by atoms with Gasteiger partial charge in [0.05, 0.1) is 29.4 Å². The third-order valence-electron chi connectivity index (χ3n) is 7.52. The number of ether oxygens (including phenoxy) is 1. The summed E-state index contributed by atoms with van der Waals surface area (Å²) in [6, 6.07) is 29.3. The molecule has 5 aromatic heterocycles. The molecule has 0 amide bonds. The summed E-state index contributed by atoms with van der Waals surface area (Å²) in [6.45, 7) is 11.8. The van der Waals surface area contributed by atoms with Gasteiger partial charge in [-0.05, 0) is 136 Å². The fourth-order valence-corrected chi connectivity index (χ4v) is 4.87. The van der Waals surface area contributed by atoms with Crippen LogP contribution in [0.4, 0.5) is 0 Å². The Balaban J connectivity index is 0.000000207. The molecule has 0 aliphatic rings. The molecule has 0 atom stereocenters. The minimum absolute atomic E-state index is 0. The Bertz CT molecular complexity index is 1720. The molecular formula is C42H47N6OOs+. The summed E-state index contributed by atoms with van der Waals surface area (Å²) in [7, 11) is 0. The van der Waals surface area contributed by atoms with Crippen LogP contribution in [0.15, 0.2) is 110 Å². The zero-order chi connectivity index (χ0) is 34.8. The van der Waals surface area contributed by atoms with Crippen molar-refractivity contribution in [1.82, 2.24) is 24.9 Å². The number of hydrogen-bond acceptors (Lipinski definition) is 7. The van der Waals surface area contributed by atoms with Gasteiger partial charge < -0.3 is 15.5 Å². The smallest absolute Gasteiger partial charge is 0.494 e. The van der Waals surface area contributed by atoms with Crippen LogP contribution in [0.2, 0.25) is 0 Å². The number of nitrogens with zero attached hydrogens (tertiary/aromatic N) is 5. The van der Waals surface area contributed by atoms with Crippen molar-refractivity contribution in [3.05, 3.63) is 144 Å². The molecule has 0 radical (unpaired) electrons. The first-order valence-electron chi connectivity index (χ1n) is 16.8. The van der Waals surface area contributed by atoms with Gasteiger partial charge in [-0.1, -0.05) is 19.8 Å². The normalized spacial score (nSPS) is 10.1. The van der Waals surface area contributed by atoms with Gasteiger partial charge in [0.1, 0.15) is 5.75 Å². The monoisotopic (exact) mass is 843 g/mol. The molecule has 0 saturated carbocycles. The van der Waals surface area contributed by atoms with E-state index in [1.54, 1.807) is 6.20 Å². The Morgan fingerprint density at radius 1 is 0.500 bits per heavy atom. The Morgan fingerprint density at radius 2 is 0.920 bits per heavy atom. The Morgan fingerprint density at radius 3 is 1.36 bits per heavy atom. The van der Waals surface area contributed by atoms with E-state index < -0.39 is 0 Å². The third-order valence-corrected chi connectivity index (χ3v) is 7.52. The summed E-state index contributed by atoms with van der Waals surface area (Å²) in [4.78, 5) is 21.5. The third kappa shape index (κ3) is 13.7. The van der Waals surface area contributed by atoms with Gasteiger partial charge in [-0.25, -0.2) is 0 Å². The number of benzene rings is 1. The molecule has 2 N–H and O–H groups in total. The van der Waals surface area contributed by atoms with Gasteiger partial charge in [0.25, 0.3) is 0 Å². The van der Waals surface area contributed by atoms with E-state index >= 15 is 0 Å². The van der Waals surface area contributed by atoms with Crippen molar-refractivity contribution in [3.63, 3.8) is 0 Å². The fraction of sp³-hybridized carbons (Fsp3) is 0.262. The molecule has 6 rings (SSSR count). The van der Waals surface area contributed by atoms with Crippen LogP contribution in [0.1, 0.15) is 53.5 Å². The molecule has 50 heavy (non-hydrogen) atoms. The van der Waals surface area contributed by atoms with E-state index in [2.05, 4.69) is 71.7 Å². The van der Waals surface area contributed by atoms with Gasteiger partial charge >= 0.3 is 19.8 Å². The van der Waals surface area contributed by atoms with E-state index in [-0.39, 0.29) is 19.8 Å². The van der Waals surface area contributed by atoms with Crippen molar-refractivity contribution in [2.45, 2.75) is 60.3 Å². The standard InChI is InChI=1S/C18H23N2O.2C12H12N2.Os/c1-15-7-6-8-16(13-15)18-14-17(9-11-20-18)21-12-5-3-2-4-10-19;2*1-9-3-5-13-11(7-9)12-8-10(2)4-6-14-12;/h6-7,9,11,13-14H,2-5,10,12,19H2,1H3;2*3-8H,1-2H3;/q-1;;;+2. The van der Waals surface area contributed by atoms with Gasteiger partial charge in [-0.2, -0.15) is 0 Å². The summed E-state index contributed by atoms with van der Waals surface area (Å²) in [6.07, 6.45) is 13.6. The van der Waals surface area contributed by atoms with Crippen molar-refractivity contribution >= 4 is 0 Å². The number of aromatic nitrogens is 5. The molecular weight excluding hydrogens is 795 g/mol. The predicted molar refractivity (Wildman–Crippen MR) is 200 cm³/mol. The number of rotatable bonds is 10. The first kappa shape index (κ1) is 39.8. The van der Waals surface area contributed by atoms with Crippen molar-refractivity contribution < 1.29 is 24.5 Å². The zero-order valence-electron chi connectivity index (χ0n) is 29.7. The summed E-state index contributed by atoms with van der Waals surface area (Å²) in [5.41, 5.74) is 17.2. The van der Waals surface area contributed by atoms with Crippen LogP contribution in [-0.4, -0.2) is 38.1 Å². The molecule has 0 aliphatic carbocycles. The topological polar surface area (TPSA) is 99.7 Å². The van der Waals surface area contributed by atoms with E-state index in [4.69, 9.17) is 10.5 Å². The molecule has 8 heteroatoms. The molecule has 258 valence electrons. The second-order valence-electron chi connectivity index (χ2n) is 12.1. The Labute approximate surface area is 310 Å². The summed E-state index contributed by atoms with van der Waals surface area (Å²) in [5, 5.41) is 0. The van der Waals surface area contributed by atoms with Crippen molar-refractivity contribution in [2.24, 2.45) is 5.73 Å². The van der Waals surface area contributed by atoms with E-state index in [0.29, 0.717) is 0 Å². The largest absolute Gasteiger partial charge is 2.00 e. The number of unbranched alkanes of at least 4 members (excludes halogenated alkanes) is 3. The van der Waals surface area contributed by atoms with E-state index in [1.807, 2.05) is 97.6 Å². The molecule has 0 saturated heterocycles. The molecule has 7 nitrogen and oxygen atoms in total. The zero-order valence-corrected chi connectivity index (χ0v) is 32.3. The minimum atomic E-state index is 0. The second-order valence-corrected chi connectivity index (χ2v) is 12.1. The minimum Gasteiger partial charge on any atom is -0.494 e. The van der Waals surface area contributed by atoms with Crippen molar-refractivity contribution in [1.29, 1.82) is 0 Å². The van der Waals surface area contributed by atoms with Crippen molar-refractivity contribution in [3.8, 4) is 39.8 Å². The number of nitrogens with two attached hydrogens (primary N) is 1. The molecule has 0 bridgehead atoms. The predicted octanol–water partition coefficient (Wildman–Crippen LogP) is 9.27. The maximum absolute atomic E-state index is 5.79. The molecule has 0 spiro atoms. The average molecular weight is 842 g/mol. The van der Waals surface area contributed by atoms with Crippen molar-refractivity contribution in [2.75, 3.05) is 13.2 Å². The summed E-state index contributed by atoms with van der Waals surface area (Å²) in [5.74, 6) is 0.869. The SMILES string of the molecule is Cc1cc[c-]c(-c2cc(OCCCCCCN)ccn2)c1.Cc1ccnc(-c2cc(C)ccn2)c1.Cc1ccnc(-c2cc(C)ccn2)c1.[Os+2]. The van der Waals surface area contributed by atoms with Crippen LogP contribution < -0.4 is 10.5 Å². The van der Waals surface area contributed by atoms with Crippen LogP contribution in [0.3, 0.4) is 0 Å². The van der Waals surface area contributed by atoms with E-state index in [9.17, 15) is 0 Å². The Hall–Kier alpha value is -4.63. The van der Waals surface area contributed by atoms with Gasteiger partial charge in [0.2, 0.25) is 0 Å². The summed E-state index contributed by atoms with van der Waals surface area (Å²) < 4.78 is 5.79. The second kappa shape index (κ2) is 21.5. The quantitative estimate of drug-likeness (QED) is 0.109. The maximum atomic E-state index is 5.79. The van der Waals surface area contributed by atoms with Crippen LogP contribution >= 0.6 is 0 Å². The van der Waals surface area contributed by atoms with Crippen LogP contribution in [0, 0.1) is 40.7 Å². The van der Waals surface area contributed by atoms with Gasteiger partial charge in [0, 0.05) is 31.0 Å².